The van der Waals surface area contributed by atoms with E-state index in [0.717, 1.165) is 0 Å². The Morgan fingerprint density at radius 2 is 1.42 bits per heavy atom. The second kappa shape index (κ2) is 3.88. The quantitative estimate of drug-likeness (QED) is 0.627. The lowest BCUT2D eigenvalue weighted by Gasteiger charge is -2.66. The van der Waals surface area contributed by atoms with Gasteiger partial charge in [0.05, 0.1) is 17.6 Å². The molecule has 6 rings (SSSR count). The summed E-state index contributed by atoms with van der Waals surface area (Å²) in [7, 11) is 0. The van der Waals surface area contributed by atoms with Crippen molar-refractivity contribution in [2.75, 3.05) is 0 Å². The van der Waals surface area contributed by atoms with Gasteiger partial charge in [0.1, 0.15) is 5.78 Å². The predicted molar refractivity (Wildman–Crippen MR) is 93.4 cm³/mol. The zero-order valence-corrected chi connectivity index (χ0v) is 15.4. The summed E-state index contributed by atoms with van der Waals surface area (Å²) in [6, 6.07) is 8.65. The molecule has 2 heteroatoms. The molecule has 3 aliphatic carbocycles. The second-order valence-electron chi connectivity index (χ2n) is 9.27. The molecule has 0 aromatic heterocycles. The van der Waals surface area contributed by atoms with Gasteiger partial charge >= 0.3 is 0 Å². The molecule has 2 nitrogen and oxygen atoms in total. The zero-order chi connectivity index (χ0) is 17.2. The molecule has 5 aliphatic rings. The van der Waals surface area contributed by atoms with Crippen LogP contribution in [0.2, 0.25) is 0 Å². The maximum Gasteiger partial charge on any atom is 0.149 e. The van der Waals surface area contributed by atoms with Crippen molar-refractivity contribution in [3.05, 3.63) is 46.5 Å². The minimum Gasteiger partial charge on any atom is -0.365 e. The Kier molecular flexibility index (Phi) is 2.41. The van der Waals surface area contributed by atoms with E-state index in [1.54, 1.807) is 0 Å². The molecule has 6 atom stereocenters. The Morgan fingerprint density at radius 3 is 2.00 bits per heavy atom. The number of carbonyl (C=O) groups excluding carboxylic acids is 1. The Hall–Kier alpha value is -1.41. The lowest BCUT2D eigenvalue weighted by atomic mass is 9.34. The first-order chi connectivity index (χ1) is 11.2. The molecule has 2 aliphatic heterocycles. The molecule has 1 aromatic carbocycles. The molecule has 0 radical (unpaired) electrons. The van der Waals surface area contributed by atoms with Crippen LogP contribution in [0.1, 0.15) is 64.9 Å². The van der Waals surface area contributed by atoms with Crippen LogP contribution in [-0.4, -0.2) is 5.78 Å². The van der Waals surface area contributed by atoms with Gasteiger partial charge in [0, 0.05) is 22.7 Å². The fourth-order valence-electron chi connectivity index (χ4n) is 6.96. The van der Waals surface area contributed by atoms with E-state index in [1.807, 2.05) is 0 Å². The topological polar surface area (TPSA) is 26.3 Å². The second-order valence-corrected chi connectivity index (χ2v) is 9.27. The van der Waals surface area contributed by atoms with Crippen molar-refractivity contribution in [2.24, 2.45) is 28.1 Å². The number of Topliss-reactive ketones (excluding diaryl/α,β-unsaturated/α-hetero) is 1. The molecule has 6 unspecified atom stereocenters. The van der Waals surface area contributed by atoms with Crippen molar-refractivity contribution in [1.29, 1.82) is 0 Å². The van der Waals surface area contributed by atoms with Crippen molar-refractivity contribution >= 4 is 5.78 Å². The smallest absolute Gasteiger partial charge is 0.149 e. The van der Waals surface area contributed by atoms with Gasteiger partial charge in [0.2, 0.25) is 0 Å². The highest BCUT2D eigenvalue weighted by Gasteiger charge is 2.76. The van der Waals surface area contributed by atoms with E-state index >= 15 is 0 Å². The fraction of sp³-hybridized carbons (Fsp3) is 0.591. The summed E-state index contributed by atoms with van der Waals surface area (Å²) in [5, 5.41) is 0. The predicted octanol–water partition coefficient (Wildman–Crippen LogP) is 5.02. The first-order valence-electron chi connectivity index (χ1n) is 9.16. The van der Waals surface area contributed by atoms with Crippen LogP contribution in [0, 0.1) is 28.1 Å². The minimum atomic E-state index is -0.400. The summed E-state index contributed by atoms with van der Waals surface area (Å²) >= 11 is 0. The van der Waals surface area contributed by atoms with E-state index in [2.05, 4.69) is 65.8 Å². The van der Waals surface area contributed by atoms with Gasteiger partial charge in [-0.05, 0) is 31.9 Å². The molecular formula is C22H26O2. The normalized spacial score (nSPS) is 47.2. The highest BCUT2D eigenvalue weighted by atomic mass is 16.5. The van der Waals surface area contributed by atoms with Crippen LogP contribution in [0.25, 0.3) is 0 Å². The maximum atomic E-state index is 13.6. The molecule has 1 saturated heterocycles. The van der Waals surface area contributed by atoms with Gasteiger partial charge in [-0.2, -0.15) is 0 Å². The van der Waals surface area contributed by atoms with Gasteiger partial charge in [0.15, 0.2) is 0 Å². The van der Waals surface area contributed by atoms with Gasteiger partial charge in [-0.1, -0.05) is 56.2 Å². The molecule has 2 fully saturated rings. The molecule has 1 aromatic rings. The molecular weight excluding hydrogens is 296 g/mol. The number of hydrogen-bond donors (Lipinski definition) is 0. The monoisotopic (exact) mass is 322 g/mol. The molecule has 2 heterocycles. The molecule has 24 heavy (non-hydrogen) atoms. The maximum absolute atomic E-state index is 13.6. The van der Waals surface area contributed by atoms with Crippen LogP contribution in [-0.2, 0) is 9.53 Å². The number of carbonyl (C=O) groups is 1. The Bertz CT molecular complexity index is 832. The van der Waals surface area contributed by atoms with Crippen LogP contribution >= 0.6 is 0 Å². The lowest BCUT2D eigenvalue weighted by molar-refractivity contribution is -0.167. The van der Waals surface area contributed by atoms with Gasteiger partial charge in [-0.15, -0.1) is 0 Å². The third-order valence-electron chi connectivity index (χ3n) is 8.73. The van der Waals surface area contributed by atoms with Gasteiger partial charge in [-0.3, -0.25) is 4.79 Å². The SMILES string of the molecule is CC1=C(C)C2(C)C3C4OC(c5ccccc54)C3C1(C)C(=O)C2(C)C. The van der Waals surface area contributed by atoms with Crippen LogP contribution in [0.4, 0.5) is 0 Å². The van der Waals surface area contributed by atoms with Gasteiger partial charge < -0.3 is 4.74 Å². The summed E-state index contributed by atoms with van der Waals surface area (Å²) in [5.74, 6) is 1.07. The number of ether oxygens (including phenoxy) is 1. The third-order valence-corrected chi connectivity index (χ3v) is 8.73. The number of allylic oxidation sites excluding steroid dienone is 2. The van der Waals surface area contributed by atoms with Crippen molar-refractivity contribution in [2.45, 2.75) is 53.8 Å². The lowest BCUT2D eigenvalue weighted by Crippen LogP contribution is -2.67. The Morgan fingerprint density at radius 1 is 0.875 bits per heavy atom. The summed E-state index contributed by atoms with van der Waals surface area (Å²) in [4.78, 5) is 13.6. The number of hydrogen-bond acceptors (Lipinski definition) is 2. The highest BCUT2D eigenvalue weighted by Crippen LogP contribution is 2.78. The Balaban J connectivity index is 1.85. The number of fused-ring (bicyclic) bond motifs is 6. The molecule has 4 bridgehead atoms. The van der Waals surface area contributed by atoms with E-state index in [4.69, 9.17) is 4.74 Å². The van der Waals surface area contributed by atoms with Crippen molar-refractivity contribution < 1.29 is 9.53 Å². The third kappa shape index (κ3) is 1.16. The molecule has 0 amide bonds. The fourth-order valence-corrected chi connectivity index (χ4v) is 6.96. The Labute approximate surface area is 144 Å². The summed E-state index contributed by atoms with van der Waals surface area (Å²) < 4.78 is 6.56. The van der Waals surface area contributed by atoms with Crippen LogP contribution in [0.5, 0.6) is 0 Å². The van der Waals surface area contributed by atoms with Crippen LogP contribution < -0.4 is 0 Å². The highest BCUT2D eigenvalue weighted by molar-refractivity contribution is 5.97. The van der Waals surface area contributed by atoms with E-state index in [1.165, 1.54) is 22.3 Å². The van der Waals surface area contributed by atoms with Crippen molar-refractivity contribution in [1.82, 2.24) is 0 Å². The van der Waals surface area contributed by atoms with Gasteiger partial charge in [-0.25, -0.2) is 0 Å². The largest absolute Gasteiger partial charge is 0.365 e. The van der Waals surface area contributed by atoms with E-state index < -0.39 is 5.41 Å². The van der Waals surface area contributed by atoms with Crippen molar-refractivity contribution in [3.63, 3.8) is 0 Å². The average molecular weight is 322 g/mol. The van der Waals surface area contributed by atoms with E-state index in [9.17, 15) is 4.79 Å². The summed E-state index contributed by atoms with van der Waals surface area (Å²) in [6.07, 6.45) is 0.208. The first kappa shape index (κ1) is 14.9. The van der Waals surface area contributed by atoms with Crippen LogP contribution in [0.3, 0.4) is 0 Å². The van der Waals surface area contributed by atoms with Crippen molar-refractivity contribution in [3.8, 4) is 0 Å². The number of benzene rings is 1. The average Bonchev–Trinajstić information content (AvgIpc) is 3.13. The first-order valence-corrected chi connectivity index (χ1v) is 9.16. The standard InChI is InChI=1S/C22H26O2/c1-11-12(2)22(6)16-15(21(11,5)19(23)20(22,3)4)17-13-9-7-8-10-14(13)18(16)24-17/h7-10,15-18H,1-6H3. The number of ketones is 1. The molecule has 1 saturated carbocycles. The molecule has 126 valence electrons. The van der Waals surface area contributed by atoms with Gasteiger partial charge in [0.25, 0.3) is 0 Å². The minimum absolute atomic E-state index is 0.0728. The zero-order valence-electron chi connectivity index (χ0n) is 15.4. The number of rotatable bonds is 0. The molecule has 0 N–H and O–H groups in total. The summed E-state index contributed by atoms with van der Waals surface area (Å²) in [6.45, 7) is 13.3. The van der Waals surface area contributed by atoms with E-state index in [0.29, 0.717) is 11.7 Å². The van der Waals surface area contributed by atoms with E-state index in [-0.39, 0.29) is 29.0 Å². The summed E-state index contributed by atoms with van der Waals surface area (Å²) in [5.41, 5.74) is 4.50. The molecule has 0 spiro atoms. The van der Waals surface area contributed by atoms with Crippen LogP contribution in [0.15, 0.2) is 35.4 Å².